The summed E-state index contributed by atoms with van der Waals surface area (Å²) in [5.41, 5.74) is 0. The molecule has 0 heterocycles. The monoisotopic (exact) mass is 435 g/mol. The van der Waals surface area contributed by atoms with Gasteiger partial charge in [-0.3, -0.25) is 5.32 Å². The molecule has 1 amide bonds. The molecule has 150 valence electrons. The highest BCUT2D eigenvalue weighted by Gasteiger charge is 2.58. The maximum Gasteiger partial charge on any atom is 0.431 e. The lowest BCUT2D eigenvalue weighted by Crippen LogP contribution is -2.54. The second-order valence-electron chi connectivity index (χ2n) is 5.77. The van der Waals surface area contributed by atoms with Gasteiger partial charge in [-0.25, -0.2) is 4.79 Å². The number of ether oxygens (including phenoxy) is 1. The molecule has 0 saturated heterocycles. The van der Waals surface area contributed by atoms with Crippen LogP contribution >= 0.6 is 23.5 Å². The third kappa shape index (κ3) is 5.71. The Morgan fingerprint density at radius 1 is 0.724 bits per heavy atom. The minimum Gasteiger partial charge on any atom is -0.410 e. The number of carbonyl (C=O) groups excluding carboxylic acids is 1. The molecule has 3 aromatic rings. The SMILES string of the molecule is O=C(NC(Sc1ccccc1)(Sc1ccccc1)C(F)(F)F)Oc1ccccc1. The summed E-state index contributed by atoms with van der Waals surface area (Å²) in [7, 11) is 0. The number of hydrogen-bond acceptors (Lipinski definition) is 4. The highest BCUT2D eigenvalue weighted by atomic mass is 32.2. The smallest absolute Gasteiger partial charge is 0.410 e. The summed E-state index contributed by atoms with van der Waals surface area (Å²) < 4.78 is 45.4. The number of rotatable bonds is 6. The van der Waals surface area contributed by atoms with Crippen molar-refractivity contribution in [2.24, 2.45) is 0 Å². The fourth-order valence-electron chi connectivity index (χ4n) is 2.32. The first-order chi connectivity index (χ1) is 13.9. The zero-order valence-corrected chi connectivity index (χ0v) is 16.6. The molecule has 0 unspecified atom stereocenters. The van der Waals surface area contributed by atoms with Crippen LogP contribution in [0.2, 0.25) is 0 Å². The van der Waals surface area contributed by atoms with Gasteiger partial charge in [0, 0.05) is 9.79 Å². The molecule has 3 rings (SSSR count). The van der Waals surface area contributed by atoms with Crippen molar-refractivity contribution in [3.63, 3.8) is 0 Å². The minimum absolute atomic E-state index is 0.149. The Kier molecular flexibility index (Phi) is 6.76. The summed E-state index contributed by atoms with van der Waals surface area (Å²) in [5, 5.41) is 2.06. The lowest BCUT2D eigenvalue weighted by molar-refractivity contribution is -0.141. The van der Waals surface area contributed by atoms with Crippen molar-refractivity contribution in [3.8, 4) is 5.75 Å². The maximum atomic E-state index is 14.3. The van der Waals surface area contributed by atoms with Gasteiger partial charge in [-0.1, -0.05) is 78.1 Å². The van der Waals surface area contributed by atoms with Crippen molar-refractivity contribution in [2.45, 2.75) is 20.2 Å². The first-order valence-electron chi connectivity index (χ1n) is 8.48. The van der Waals surface area contributed by atoms with E-state index in [9.17, 15) is 18.0 Å². The Balaban J connectivity index is 1.94. The number of thioether (sulfide) groups is 2. The van der Waals surface area contributed by atoms with E-state index in [4.69, 9.17) is 4.74 Å². The normalized spacial score (nSPS) is 11.7. The van der Waals surface area contributed by atoms with Crippen LogP contribution in [-0.2, 0) is 0 Å². The summed E-state index contributed by atoms with van der Waals surface area (Å²) >= 11 is 1.01. The fourth-order valence-corrected chi connectivity index (χ4v) is 4.82. The molecule has 1 N–H and O–H groups in total. The lowest BCUT2D eigenvalue weighted by atomic mass is 10.3. The zero-order valence-electron chi connectivity index (χ0n) is 14.9. The number of carbonyl (C=O) groups is 1. The van der Waals surface area contributed by atoms with Gasteiger partial charge in [0.25, 0.3) is 0 Å². The first kappa shape index (κ1) is 21.1. The molecule has 0 aromatic heterocycles. The molecule has 0 radical (unpaired) electrons. The molecular formula is C21H16F3NO2S2. The van der Waals surface area contributed by atoms with E-state index in [0.29, 0.717) is 33.3 Å². The molecule has 8 heteroatoms. The molecule has 0 aliphatic rings. The van der Waals surface area contributed by atoms with Gasteiger partial charge in [0.15, 0.2) is 0 Å². The van der Waals surface area contributed by atoms with Crippen molar-refractivity contribution in [1.29, 1.82) is 0 Å². The van der Waals surface area contributed by atoms with E-state index in [-0.39, 0.29) is 5.75 Å². The maximum absolute atomic E-state index is 14.3. The van der Waals surface area contributed by atoms with Crippen LogP contribution in [0, 0.1) is 0 Å². The number of hydrogen-bond donors (Lipinski definition) is 1. The van der Waals surface area contributed by atoms with Crippen LogP contribution in [0.4, 0.5) is 18.0 Å². The zero-order chi connectivity index (χ0) is 20.7. The number of para-hydroxylation sites is 1. The van der Waals surface area contributed by atoms with E-state index in [1.54, 1.807) is 78.9 Å². The van der Waals surface area contributed by atoms with Crippen LogP contribution in [0.15, 0.2) is 101 Å². The molecule has 0 aliphatic heterocycles. The summed E-state index contributed by atoms with van der Waals surface area (Å²) in [4.78, 5) is 13.1. The predicted molar refractivity (Wildman–Crippen MR) is 109 cm³/mol. The highest BCUT2D eigenvalue weighted by molar-refractivity contribution is 8.18. The van der Waals surface area contributed by atoms with Crippen LogP contribution < -0.4 is 10.1 Å². The molecule has 0 atom stereocenters. The second kappa shape index (κ2) is 9.28. The van der Waals surface area contributed by atoms with Crippen LogP contribution in [0.3, 0.4) is 0 Å². The number of amides is 1. The Labute approximate surface area is 174 Å². The Morgan fingerprint density at radius 3 is 1.55 bits per heavy atom. The van der Waals surface area contributed by atoms with E-state index < -0.39 is 16.5 Å². The molecule has 3 aromatic carbocycles. The standard InChI is InChI=1S/C21H16F3NO2S2/c22-20(23,24)21(28-17-12-6-2-7-13-17,29-18-14-8-3-9-15-18)25-19(26)27-16-10-4-1-5-11-16/h1-15H,(H,25,26). The minimum atomic E-state index is -4.79. The highest BCUT2D eigenvalue weighted by Crippen LogP contribution is 2.53. The second-order valence-corrected chi connectivity index (χ2v) is 8.61. The Morgan fingerprint density at radius 2 is 1.14 bits per heavy atom. The van der Waals surface area contributed by atoms with Gasteiger partial charge in [0.05, 0.1) is 0 Å². The van der Waals surface area contributed by atoms with Gasteiger partial charge in [0.2, 0.25) is 4.20 Å². The quantitative estimate of drug-likeness (QED) is 0.351. The van der Waals surface area contributed by atoms with E-state index in [1.165, 1.54) is 12.1 Å². The molecule has 3 nitrogen and oxygen atoms in total. The van der Waals surface area contributed by atoms with E-state index in [1.807, 2.05) is 0 Å². The molecule has 0 saturated carbocycles. The van der Waals surface area contributed by atoms with Crippen molar-refractivity contribution in [2.75, 3.05) is 0 Å². The third-order valence-corrected chi connectivity index (χ3v) is 6.36. The van der Waals surface area contributed by atoms with Gasteiger partial charge in [0.1, 0.15) is 5.75 Å². The van der Waals surface area contributed by atoms with Crippen molar-refractivity contribution in [1.82, 2.24) is 5.32 Å². The van der Waals surface area contributed by atoms with Crippen molar-refractivity contribution in [3.05, 3.63) is 91.0 Å². The Hall–Kier alpha value is -2.58. The largest absolute Gasteiger partial charge is 0.431 e. The van der Waals surface area contributed by atoms with Crippen LogP contribution in [0.25, 0.3) is 0 Å². The van der Waals surface area contributed by atoms with Gasteiger partial charge >= 0.3 is 12.3 Å². The van der Waals surface area contributed by atoms with Crippen LogP contribution in [0.5, 0.6) is 5.75 Å². The van der Waals surface area contributed by atoms with Gasteiger partial charge in [-0.2, -0.15) is 13.2 Å². The third-order valence-electron chi connectivity index (χ3n) is 3.60. The molecule has 0 aliphatic carbocycles. The van der Waals surface area contributed by atoms with E-state index in [0.717, 1.165) is 0 Å². The summed E-state index contributed by atoms with van der Waals surface area (Å²) in [6.07, 6.45) is -5.98. The van der Waals surface area contributed by atoms with E-state index in [2.05, 4.69) is 5.32 Å². The van der Waals surface area contributed by atoms with Gasteiger partial charge in [-0.05, 0) is 36.4 Å². The predicted octanol–water partition coefficient (Wildman–Crippen LogP) is 6.58. The molecule has 0 bridgehead atoms. The molecular weight excluding hydrogens is 419 g/mol. The molecule has 0 spiro atoms. The van der Waals surface area contributed by atoms with Crippen LogP contribution in [0.1, 0.15) is 0 Å². The van der Waals surface area contributed by atoms with Gasteiger partial charge in [-0.15, -0.1) is 0 Å². The van der Waals surface area contributed by atoms with Crippen LogP contribution in [-0.4, -0.2) is 16.5 Å². The molecule has 0 fully saturated rings. The Bertz CT molecular complexity index is 881. The number of benzene rings is 3. The first-order valence-corrected chi connectivity index (χ1v) is 10.1. The summed E-state index contributed by atoms with van der Waals surface area (Å²) in [6, 6.07) is 24.1. The lowest BCUT2D eigenvalue weighted by Gasteiger charge is -2.34. The van der Waals surface area contributed by atoms with Crippen molar-refractivity contribution >= 4 is 29.6 Å². The van der Waals surface area contributed by atoms with Crippen molar-refractivity contribution < 1.29 is 22.7 Å². The topological polar surface area (TPSA) is 38.3 Å². The van der Waals surface area contributed by atoms with E-state index >= 15 is 0 Å². The number of nitrogens with one attached hydrogen (secondary N) is 1. The number of alkyl halides is 3. The number of halogens is 3. The average Bonchev–Trinajstić information content (AvgIpc) is 2.69. The summed E-state index contributed by atoms with van der Waals surface area (Å²) in [5.74, 6) is 0.149. The fraction of sp³-hybridized carbons (Fsp3) is 0.0952. The molecule has 29 heavy (non-hydrogen) atoms. The van der Waals surface area contributed by atoms with Gasteiger partial charge < -0.3 is 4.74 Å². The summed E-state index contributed by atoms with van der Waals surface area (Å²) in [6.45, 7) is 0. The average molecular weight is 435 g/mol.